The third kappa shape index (κ3) is 8.37. The van der Waals surface area contributed by atoms with E-state index in [1.165, 1.54) is 26.0 Å². The topological polar surface area (TPSA) is 88.1 Å². The molecule has 2 aromatic carbocycles. The van der Waals surface area contributed by atoms with Gasteiger partial charge in [0.15, 0.2) is 17.7 Å². The SMILES string of the molecule is C=C(C)C(=O)OCC(COC(=O)C(C)(C)C)Oc1ccc(-c2ccc(OC(=O)C(=C)C)c(F)c2)cc1. The molecule has 0 aliphatic rings. The Hall–Kier alpha value is -3.94. The molecule has 2 aromatic rings. The Labute approximate surface area is 210 Å². The van der Waals surface area contributed by atoms with Crippen molar-refractivity contribution in [3.63, 3.8) is 0 Å². The van der Waals surface area contributed by atoms with Gasteiger partial charge in [0.25, 0.3) is 0 Å². The van der Waals surface area contributed by atoms with Gasteiger partial charge in [-0.05, 0) is 70.0 Å². The van der Waals surface area contributed by atoms with Crippen LogP contribution in [0.4, 0.5) is 4.39 Å². The predicted octanol–water partition coefficient (Wildman–Crippen LogP) is 5.43. The summed E-state index contributed by atoms with van der Waals surface area (Å²) < 4.78 is 35.8. The van der Waals surface area contributed by atoms with Crippen LogP contribution in [0.1, 0.15) is 34.6 Å². The molecule has 0 aliphatic carbocycles. The van der Waals surface area contributed by atoms with Crippen LogP contribution in [0.2, 0.25) is 0 Å². The molecule has 1 unspecified atom stereocenters. The van der Waals surface area contributed by atoms with E-state index in [1.807, 2.05) is 0 Å². The van der Waals surface area contributed by atoms with Crippen LogP contribution in [-0.4, -0.2) is 37.2 Å². The van der Waals surface area contributed by atoms with E-state index in [2.05, 4.69) is 13.2 Å². The summed E-state index contributed by atoms with van der Waals surface area (Å²) in [4.78, 5) is 35.6. The molecule has 8 heteroatoms. The average molecular weight is 499 g/mol. The fraction of sp³-hybridized carbons (Fsp3) is 0.321. The molecule has 0 spiro atoms. The van der Waals surface area contributed by atoms with Crippen molar-refractivity contribution < 1.29 is 37.7 Å². The largest absolute Gasteiger partial charge is 0.483 e. The highest BCUT2D eigenvalue weighted by Crippen LogP contribution is 2.28. The molecule has 0 saturated heterocycles. The van der Waals surface area contributed by atoms with Gasteiger partial charge in [-0.15, -0.1) is 0 Å². The second-order valence-corrected chi connectivity index (χ2v) is 9.31. The number of carbonyl (C=O) groups excluding carboxylic acids is 3. The van der Waals surface area contributed by atoms with E-state index < -0.39 is 35.2 Å². The minimum absolute atomic E-state index is 0.128. The summed E-state index contributed by atoms with van der Waals surface area (Å²) in [6.07, 6.45) is -0.759. The molecule has 0 heterocycles. The number of hydrogen-bond acceptors (Lipinski definition) is 7. The molecule has 0 radical (unpaired) electrons. The Bertz CT molecular complexity index is 1140. The number of esters is 3. The van der Waals surface area contributed by atoms with E-state index in [9.17, 15) is 18.8 Å². The van der Waals surface area contributed by atoms with Gasteiger partial charge in [-0.25, -0.2) is 14.0 Å². The van der Waals surface area contributed by atoms with Gasteiger partial charge in [0.1, 0.15) is 19.0 Å². The molecule has 0 saturated carbocycles. The summed E-state index contributed by atoms with van der Waals surface area (Å²) in [6.45, 7) is 14.9. The van der Waals surface area contributed by atoms with Crippen LogP contribution in [0.15, 0.2) is 66.8 Å². The van der Waals surface area contributed by atoms with Crippen molar-refractivity contribution >= 4 is 17.9 Å². The molecule has 7 nitrogen and oxygen atoms in total. The molecule has 0 amide bonds. The number of ether oxygens (including phenoxy) is 4. The standard InChI is InChI=1S/C28H31FO7/c1-17(2)25(30)33-15-22(16-34-27(32)28(5,6)7)35-21-11-8-19(9-12-21)20-10-13-24(23(29)14-20)36-26(31)18(3)4/h8-14,22H,1,3,15-16H2,2,4-7H3. The lowest BCUT2D eigenvalue weighted by Gasteiger charge is -2.22. The summed E-state index contributed by atoms with van der Waals surface area (Å²) >= 11 is 0. The van der Waals surface area contributed by atoms with Crippen molar-refractivity contribution in [1.82, 2.24) is 0 Å². The molecule has 0 N–H and O–H groups in total. The van der Waals surface area contributed by atoms with Gasteiger partial charge in [0, 0.05) is 11.1 Å². The second kappa shape index (κ2) is 12.2. The summed E-state index contributed by atoms with van der Waals surface area (Å²) in [5.74, 6) is -2.17. The van der Waals surface area contributed by atoms with Crippen LogP contribution in [0.25, 0.3) is 11.1 Å². The lowest BCUT2D eigenvalue weighted by atomic mass is 9.97. The minimum atomic E-state index is -0.759. The van der Waals surface area contributed by atoms with Crippen LogP contribution < -0.4 is 9.47 Å². The van der Waals surface area contributed by atoms with Crippen molar-refractivity contribution in [2.45, 2.75) is 40.7 Å². The zero-order chi connectivity index (χ0) is 27.0. The number of hydrogen-bond donors (Lipinski definition) is 0. The summed E-state index contributed by atoms with van der Waals surface area (Å²) in [6, 6.07) is 11.0. The highest BCUT2D eigenvalue weighted by atomic mass is 19.1. The van der Waals surface area contributed by atoms with E-state index in [0.717, 1.165) is 0 Å². The number of carbonyl (C=O) groups is 3. The maximum Gasteiger partial charge on any atom is 0.338 e. The van der Waals surface area contributed by atoms with Crippen molar-refractivity contribution in [2.75, 3.05) is 13.2 Å². The van der Waals surface area contributed by atoms with Crippen LogP contribution >= 0.6 is 0 Å². The van der Waals surface area contributed by atoms with Gasteiger partial charge in [-0.1, -0.05) is 31.4 Å². The summed E-state index contributed by atoms with van der Waals surface area (Å²) in [5, 5.41) is 0. The molecule has 0 bridgehead atoms. The molecule has 0 fully saturated rings. The molecule has 0 aliphatic heterocycles. The summed E-state index contributed by atoms with van der Waals surface area (Å²) in [5.41, 5.74) is 0.935. The fourth-order valence-corrected chi connectivity index (χ4v) is 2.66. The van der Waals surface area contributed by atoms with E-state index >= 15 is 0 Å². The maximum atomic E-state index is 14.4. The van der Waals surface area contributed by atoms with Gasteiger partial charge in [-0.2, -0.15) is 0 Å². The third-order valence-corrected chi connectivity index (χ3v) is 4.73. The second-order valence-electron chi connectivity index (χ2n) is 9.31. The summed E-state index contributed by atoms with van der Waals surface area (Å²) in [7, 11) is 0. The molecule has 192 valence electrons. The molecule has 0 aromatic heterocycles. The Morgan fingerprint density at radius 2 is 1.42 bits per heavy atom. The van der Waals surface area contributed by atoms with Crippen molar-refractivity contribution in [3.05, 3.63) is 72.6 Å². The highest BCUT2D eigenvalue weighted by molar-refractivity contribution is 5.89. The molecular formula is C28H31FO7. The first-order valence-corrected chi connectivity index (χ1v) is 11.2. The zero-order valence-electron chi connectivity index (χ0n) is 21.2. The molecule has 2 rings (SSSR count). The first-order chi connectivity index (χ1) is 16.8. The number of halogens is 1. The predicted molar refractivity (Wildman–Crippen MR) is 133 cm³/mol. The Morgan fingerprint density at radius 3 is 1.94 bits per heavy atom. The normalized spacial score (nSPS) is 11.7. The van der Waals surface area contributed by atoms with E-state index in [0.29, 0.717) is 16.9 Å². The van der Waals surface area contributed by atoms with Crippen LogP contribution in [0, 0.1) is 11.2 Å². The maximum absolute atomic E-state index is 14.4. The van der Waals surface area contributed by atoms with Gasteiger partial charge >= 0.3 is 17.9 Å². The van der Waals surface area contributed by atoms with E-state index in [4.69, 9.17) is 18.9 Å². The molecule has 1 atom stereocenters. The first kappa shape index (κ1) is 28.3. The number of benzene rings is 2. The highest BCUT2D eigenvalue weighted by Gasteiger charge is 2.25. The minimum Gasteiger partial charge on any atom is -0.483 e. The van der Waals surface area contributed by atoms with Gasteiger partial charge in [0.05, 0.1) is 5.41 Å². The van der Waals surface area contributed by atoms with Gasteiger partial charge in [0.2, 0.25) is 0 Å². The Morgan fingerprint density at radius 1 is 0.861 bits per heavy atom. The first-order valence-electron chi connectivity index (χ1n) is 11.2. The lowest BCUT2D eigenvalue weighted by Crippen LogP contribution is -2.33. The quantitative estimate of drug-likeness (QED) is 0.245. The Kier molecular flexibility index (Phi) is 9.55. The monoisotopic (exact) mass is 498 g/mol. The van der Waals surface area contributed by atoms with Crippen LogP contribution in [0.3, 0.4) is 0 Å². The average Bonchev–Trinajstić information content (AvgIpc) is 2.81. The third-order valence-electron chi connectivity index (χ3n) is 4.73. The lowest BCUT2D eigenvalue weighted by molar-refractivity contribution is -0.157. The van der Waals surface area contributed by atoms with Crippen molar-refractivity contribution in [3.8, 4) is 22.6 Å². The van der Waals surface area contributed by atoms with Crippen LogP contribution in [0.5, 0.6) is 11.5 Å². The van der Waals surface area contributed by atoms with Crippen LogP contribution in [-0.2, 0) is 23.9 Å². The zero-order valence-corrected chi connectivity index (χ0v) is 21.2. The van der Waals surface area contributed by atoms with Crippen molar-refractivity contribution in [2.24, 2.45) is 5.41 Å². The number of rotatable bonds is 10. The molecular weight excluding hydrogens is 467 g/mol. The van der Waals surface area contributed by atoms with Crippen molar-refractivity contribution in [1.29, 1.82) is 0 Å². The Balaban J connectivity index is 2.13. The van der Waals surface area contributed by atoms with E-state index in [1.54, 1.807) is 51.1 Å². The smallest absolute Gasteiger partial charge is 0.338 e. The van der Waals surface area contributed by atoms with Gasteiger partial charge < -0.3 is 18.9 Å². The van der Waals surface area contributed by atoms with Gasteiger partial charge in [-0.3, -0.25) is 4.79 Å². The molecule has 36 heavy (non-hydrogen) atoms. The fourth-order valence-electron chi connectivity index (χ4n) is 2.66. The van der Waals surface area contributed by atoms with E-state index in [-0.39, 0.29) is 30.1 Å².